The minimum absolute atomic E-state index is 0.00579. The first-order valence-corrected chi connectivity index (χ1v) is 5.59. The minimum atomic E-state index is -0.504. The van der Waals surface area contributed by atoms with Crippen LogP contribution in [-0.4, -0.2) is 46.7 Å². The fourth-order valence-corrected chi connectivity index (χ4v) is 1.63. The van der Waals surface area contributed by atoms with Gasteiger partial charge in [-0.1, -0.05) is 13.8 Å². The van der Waals surface area contributed by atoms with E-state index in [4.69, 9.17) is 19.7 Å². The number of aliphatic hydroxyl groups is 2. The molecular formula is C11H24O5. The molecule has 5 heteroatoms. The molecule has 0 aromatic carbocycles. The van der Waals surface area contributed by atoms with E-state index in [-0.39, 0.29) is 31.2 Å². The minimum Gasteiger partial charge on any atom is -0.483 e. The zero-order valence-electron chi connectivity index (χ0n) is 10.5. The average molecular weight is 236 g/mol. The van der Waals surface area contributed by atoms with Gasteiger partial charge in [0.25, 0.3) is 6.47 Å². The summed E-state index contributed by atoms with van der Waals surface area (Å²) < 4.78 is 5.37. The molecule has 0 aromatic rings. The number of aliphatic hydroxyl groups excluding tert-OH is 2. The lowest BCUT2D eigenvalue weighted by Gasteiger charge is -2.35. The monoisotopic (exact) mass is 236 g/mol. The Morgan fingerprint density at radius 1 is 1.38 bits per heavy atom. The molecule has 1 rings (SSSR count). The third-order valence-corrected chi connectivity index (χ3v) is 2.28. The smallest absolute Gasteiger partial charge is 0.290 e. The summed E-state index contributed by atoms with van der Waals surface area (Å²) in [7, 11) is 0. The molecule has 0 radical (unpaired) electrons. The molecule has 5 nitrogen and oxygen atoms in total. The van der Waals surface area contributed by atoms with Crippen LogP contribution in [0.3, 0.4) is 0 Å². The number of rotatable bonds is 1. The molecule has 1 aliphatic heterocycles. The van der Waals surface area contributed by atoms with Gasteiger partial charge >= 0.3 is 0 Å². The third-order valence-electron chi connectivity index (χ3n) is 2.28. The summed E-state index contributed by atoms with van der Waals surface area (Å²) >= 11 is 0. The zero-order chi connectivity index (χ0) is 13.1. The summed E-state index contributed by atoms with van der Waals surface area (Å²) in [5.41, 5.74) is 0. The number of carboxylic acid groups (broad SMARTS) is 1. The summed E-state index contributed by atoms with van der Waals surface area (Å²) in [5.74, 6) is -0.00579. The highest BCUT2D eigenvalue weighted by Crippen LogP contribution is 2.24. The molecule has 0 amide bonds. The first-order valence-electron chi connectivity index (χ1n) is 5.59. The van der Waals surface area contributed by atoms with Gasteiger partial charge < -0.3 is 20.1 Å². The molecule has 0 aliphatic carbocycles. The van der Waals surface area contributed by atoms with Crippen LogP contribution < -0.4 is 0 Å². The molecule has 0 bridgehead atoms. The maximum absolute atomic E-state index is 9.47. The normalized spacial score (nSPS) is 32.6. The number of ether oxygens (including phenoxy) is 1. The van der Waals surface area contributed by atoms with Crippen molar-refractivity contribution in [3.63, 3.8) is 0 Å². The van der Waals surface area contributed by atoms with E-state index in [0.29, 0.717) is 0 Å². The lowest BCUT2D eigenvalue weighted by atomic mass is 9.90. The van der Waals surface area contributed by atoms with Crippen molar-refractivity contribution in [2.24, 2.45) is 5.92 Å². The van der Waals surface area contributed by atoms with Gasteiger partial charge in [-0.3, -0.25) is 4.79 Å². The lowest BCUT2D eigenvalue weighted by molar-refractivity contribution is -0.138. The Hall–Kier alpha value is -0.650. The molecule has 1 fully saturated rings. The molecule has 1 heterocycles. The Morgan fingerprint density at radius 3 is 2.19 bits per heavy atom. The highest BCUT2D eigenvalue weighted by molar-refractivity contribution is 5.32. The first-order chi connectivity index (χ1) is 7.56. The number of carbonyl (C=O) groups is 1. The Morgan fingerprint density at radius 2 is 1.81 bits per heavy atom. The maximum atomic E-state index is 9.47. The van der Waals surface area contributed by atoms with Crippen LogP contribution in [0.5, 0.6) is 0 Å². The Bertz CT molecular complexity index is 162. The molecule has 0 spiro atoms. The van der Waals surface area contributed by atoms with Crippen LogP contribution in [0.15, 0.2) is 0 Å². The summed E-state index contributed by atoms with van der Waals surface area (Å²) in [4.78, 5) is 8.36. The van der Waals surface area contributed by atoms with Crippen molar-refractivity contribution in [2.45, 2.75) is 52.4 Å². The van der Waals surface area contributed by atoms with E-state index in [1.807, 2.05) is 27.7 Å². The second-order valence-electron chi connectivity index (χ2n) is 3.43. The van der Waals surface area contributed by atoms with Gasteiger partial charge in [0.15, 0.2) is 0 Å². The van der Waals surface area contributed by atoms with Gasteiger partial charge in [0.05, 0.1) is 18.3 Å². The second kappa shape index (κ2) is 10.9. The van der Waals surface area contributed by atoms with Gasteiger partial charge in [0.2, 0.25) is 0 Å². The van der Waals surface area contributed by atoms with E-state index in [1.165, 1.54) is 0 Å². The molecule has 1 aliphatic rings. The summed E-state index contributed by atoms with van der Waals surface area (Å²) in [6.45, 7) is 7.60. The standard InChI is InChI=1S/C8H16O3.C2H6.CH2O2/c1-5-3-7(4-9)8(10)6(2)11-5;1-2;2-1-3/h5-10H,3-4H2,1-2H3;1-2H3;1H,(H,2,3)/t5?,6-,7?,8?;;/m0../s1. The van der Waals surface area contributed by atoms with E-state index in [0.717, 1.165) is 6.42 Å². The summed E-state index contributed by atoms with van der Waals surface area (Å²) in [5, 5.41) is 25.2. The van der Waals surface area contributed by atoms with Gasteiger partial charge in [-0.2, -0.15) is 0 Å². The SMILES string of the molecule is CC.CC1CC(CO)C(O)[C@H](C)O1.O=CO. The van der Waals surface area contributed by atoms with E-state index < -0.39 is 6.10 Å². The van der Waals surface area contributed by atoms with Crippen molar-refractivity contribution in [3.05, 3.63) is 0 Å². The topological polar surface area (TPSA) is 87.0 Å². The quantitative estimate of drug-likeness (QED) is 0.588. The zero-order valence-corrected chi connectivity index (χ0v) is 10.5. The Labute approximate surface area is 97.1 Å². The first kappa shape index (κ1) is 17.7. The molecule has 3 unspecified atom stereocenters. The van der Waals surface area contributed by atoms with Crippen molar-refractivity contribution in [1.82, 2.24) is 0 Å². The van der Waals surface area contributed by atoms with Crippen LogP contribution in [0.1, 0.15) is 34.1 Å². The molecule has 1 saturated heterocycles. The number of hydrogen-bond donors (Lipinski definition) is 3. The van der Waals surface area contributed by atoms with Crippen LogP contribution in [0, 0.1) is 5.92 Å². The van der Waals surface area contributed by atoms with Crippen molar-refractivity contribution >= 4 is 6.47 Å². The predicted octanol–water partition coefficient (Wildman–Crippen LogP) is 0.880. The third kappa shape index (κ3) is 6.76. The van der Waals surface area contributed by atoms with E-state index in [9.17, 15) is 5.11 Å². The van der Waals surface area contributed by atoms with Crippen LogP contribution in [0.25, 0.3) is 0 Å². The largest absolute Gasteiger partial charge is 0.483 e. The van der Waals surface area contributed by atoms with Crippen LogP contribution >= 0.6 is 0 Å². The van der Waals surface area contributed by atoms with Crippen molar-refractivity contribution < 1.29 is 24.9 Å². The summed E-state index contributed by atoms with van der Waals surface area (Å²) in [6.07, 6.45) is 0.264. The molecular weight excluding hydrogens is 212 g/mol. The van der Waals surface area contributed by atoms with Crippen LogP contribution in [0.4, 0.5) is 0 Å². The molecule has 0 aromatic heterocycles. The number of hydrogen-bond acceptors (Lipinski definition) is 4. The lowest BCUT2D eigenvalue weighted by Crippen LogP contribution is -2.43. The molecule has 4 atom stereocenters. The van der Waals surface area contributed by atoms with E-state index >= 15 is 0 Å². The molecule has 3 N–H and O–H groups in total. The van der Waals surface area contributed by atoms with Crippen LogP contribution in [-0.2, 0) is 9.53 Å². The molecule has 98 valence electrons. The molecule has 0 saturated carbocycles. The van der Waals surface area contributed by atoms with Crippen LogP contribution in [0.2, 0.25) is 0 Å². The molecule has 16 heavy (non-hydrogen) atoms. The average Bonchev–Trinajstić information content (AvgIpc) is 2.27. The fraction of sp³-hybridized carbons (Fsp3) is 0.909. The van der Waals surface area contributed by atoms with Crippen molar-refractivity contribution in [2.75, 3.05) is 6.61 Å². The van der Waals surface area contributed by atoms with E-state index in [2.05, 4.69) is 0 Å². The van der Waals surface area contributed by atoms with Gasteiger partial charge in [0.1, 0.15) is 0 Å². The highest BCUT2D eigenvalue weighted by atomic mass is 16.5. The Balaban J connectivity index is 0. The summed E-state index contributed by atoms with van der Waals surface area (Å²) in [6, 6.07) is 0. The predicted molar refractivity (Wildman–Crippen MR) is 61.2 cm³/mol. The Kier molecular flexibility index (Phi) is 12.0. The van der Waals surface area contributed by atoms with E-state index in [1.54, 1.807) is 0 Å². The van der Waals surface area contributed by atoms with Gasteiger partial charge in [-0.25, -0.2) is 0 Å². The second-order valence-corrected chi connectivity index (χ2v) is 3.43. The van der Waals surface area contributed by atoms with Crippen molar-refractivity contribution in [3.8, 4) is 0 Å². The van der Waals surface area contributed by atoms with Gasteiger partial charge in [-0.15, -0.1) is 0 Å². The highest BCUT2D eigenvalue weighted by Gasteiger charge is 2.32. The van der Waals surface area contributed by atoms with Crippen molar-refractivity contribution in [1.29, 1.82) is 0 Å². The van der Waals surface area contributed by atoms with Gasteiger partial charge in [0, 0.05) is 12.5 Å². The fourth-order valence-electron chi connectivity index (χ4n) is 1.63. The maximum Gasteiger partial charge on any atom is 0.290 e. The van der Waals surface area contributed by atoms with Gasteiger partial charge in [-0.05, 0) is 20.3 Å².